The smallest absolute Gasteiger partial charge is 0.147 e. The molecule has 1 aliphatic carbocycles. The zero-order valence-corrected chi connectivity index (χ0v) is 9.97. The van der Waals surface area contributed by atoms with Crippen molar-refractivity contribution in [1.29, 1.82) is 0 Å². The summed E-state index contributed by atoms with van der Waals surface area (Å²) in [4.78, 5) is 11.2. The standard InChI is InChI=1S/C13H18N4/c1-2-6-17(7-3-1)13-10-15-12(9-16-13)8-14-11-4-5-11/h1-2,9-11,14H,3-8H2. The third kappa shape index (κ3) is 2.82. The van der Waals surface area contributed by atoms with Gasteiger partial charge in [0.25, 0.3) is 0 Å². The maximum Gasteiger partial charge on any atom is 0.147 e. The van der Waals surface area contributed by atoms with Crippen LogP contribution in [0.15, 0.2) is 24.5 Å². The van der Waals surface area contributed by atoms with E-state index in [1.54, 1.807) is 0 Å². The lowest BCUT2D eigenvalue weighted by molar-refractivity contribution is 0.670. The second-order valence-corrected chi connectivity index (χ2v) is 4.73. The predicted octanol–water partition coefficient (Wildman–Crippen LogP) is 1.49. The molecule has 0 radical (unpaired) electrons. The van der Waals surface area contributed by atoms with E-state index in [-0.39, 0.29) is 0 Å². The number of hydrogen-bond donors (Lipinski definition) is 1. The summed E-state index contributed by atoms with van der Waals surface area (Å²) in [5, 5.41) is 3.44. The molecule has 1 aromatic rings. The van der Waals surface area contributed by atoms with Crippen molar-refractivity contribution in [3.8, 4) is 0 Å². The predicted molar refractivity (Wildman–Crippen MR) is 67.9 cm³/mol. The van der Waals surface area contributed by atoms with E-state index in [0.29, 0.717) is 0 Å². The van der Waals surface area contributed by atoms with Gasteiger partial charge in [-0.15, -0.1) is 0 Å². The van der Waals surface area contributed by atoms with Gasteiger partial charge in [-0.1, -0.05) is 12.2 Å². The minimum absolute atomic E-state index is 0.726. The molecule has 0 aromatic carbocycles. The summed E-state index contributed by atoms with van der Waals surface area (Å²) in [6.07, 6.45) is 11.9. The first kappa shape index (κ1) is 10.7. The Kier molecular flexibility index (Phi) is 3.05. The van der Waals surface area contributed by atoms with Crippen LogP contribution in [0.1, 0.15) is 25.0 Å². The molecule has 90 valence electrons. The lowest BCUT2D eigenvalue weighted by Crippen LogP contribution is -2.27. The monoisotopic (exact) mass is 230 g/mol. The average Bonchev–Trinajstić information content (AvgIpc) is 3.22. The Morgan fingerprint density at radius 3 is 2.82 bits per heavy atom. The summed E-state index contributed by atoms with van der Waals surface area (Å²) in [7, 11) is 0. The van der Waals surface area contributed by atoms with Gasteiger partial charge in [0.2, 0.25) is 0 Å². The molecule has 0 saturated heterocycles. The van der Waals surface area contributed by atoms with Gasteiger partial charge in [-0.2, -0.15) is 0 Å². The minimum atomic E-state index is 0.726. The lowest BCUT2D eigenvalue weighted by atomic mass is 10.2. The molecule has 1 N–H and O–H groups in total. The van der Waals surface area contributed by atoms with Crippen molar-refractivity contribution in [3.63, 3.8) is 0 Å². The Balaban J connectivity index is 1.60. The number of rotatable bonds is 4. The van der Waals surface area contributed by atoms with Crippen LogP contribution in [-0.2, 0) is 6.54 Å². The molecule has 4 nitrogen and oxygen atoms in total. The fourth-order valence-corrected chi connectivity index (χ4v) is 1.99. The first-order valence-corrected chi connectivity index (χ1v) is 6.36. The molecule has 17 heavy (non-hydrogen) atoms. The Labute approximate surface area is 102 Å². The van der Waals surface area contributed by atoms with Crippen molar-refractivity contribution in [2.24, 2.45) is 0 Å². The Bertz CT molecular complexity index is 394. The molecule has 1 saturated carbocycles. The van der Waals surface area contributed by atoms with Crippen molar-refractivity contribution < 1.29 is 0 Å². The van der Waals surface area contributed by atoms with E-state index in [1.165, 1.54) is 12.8 Å². The SMILES string of the molecule is C1=CCN(c2cnc(CNC3CC3)cn2)CC1. The van der Waals surface area contributed by atoms with Crippen LogP contribution in [0.2, 0.25) is 0 Å². The van der Waals surface area contributed by atoms with Gasteiger partial charge in [0, 0.05) is 25.7 Å². The number of hydrogen-bond acceptors (Lipinski definition) is 4. The van der Waals surface area contributed by atoms with Crippen molar-refractivity contribution in [2.75, 3.05) is 18.0 Å². The maximum absolute atomic E-state index is 4.49. The third-order valence-electron chi connectivity index (χ3n) is 3.22. The quantitative estimate of drug-likeness (QED) is 0.796. The summed E-state index contributed by atoms with van der Waals surface area (Å²) < 4.78 is 0. The van der Waals surface area contributed by atoms with E-state index < -0.39 is 0 Å². The maximum atomic E-state index is 4.49. The van der Waals surface area contributed by atoms with E-state index >= 15 is 0 Å². The fourth-order valence-electron chi connectivity index (χ4n) is 1.99. The van der Waals surface area contributed by atoms with Gasteiger partial charge in [0.15, 0.2) is 0 Å². The molecule has 1 aromatic heterocycles. The van der Waals surface area contributed by atoms with E-state index in [4.69, 9.17) is 0 Å². The van der Waals surface area contributed by atoms with Crippen LogP contribution in [0.5, 0.6) is 0 Å². The average molecular weight is 230 g/mol. The van der Waals surface area contributed by atoms with Crippen LogP contribution in [0, 0.1) is 0 Å². The van der Waals surface area contributed by atoms with E-state index in [0.717, 1.165) is 43.6 Å². The molecular weight excluding hydrogens is 212 g/mol. The Morgan fingerprint density at radius 1 is 1.24 bits per heavy atom. The molecule has 2 aliphatic rings. The van der Waals surface area contributed by atoms with Crippen LogP contribution in [-0.4, -0.2) is 29.1 Å². The van der Waals surface area contributed by atoms with Crippen LogP contribution in [0.4, 0.5) is 5.82 Å². The van der Waals surface area contributed by atoms with Gasteiger partial charge in [-0.05, 0) is 19.3 Å². The highest BCUT2D eigenvalue weighted by molar-refractivity contribution is 5.37. The summed E-state index contributed by atoms with van der Waals surface area (Å²) in [5.41, 5.74) is 1.04. The second-order valence-electron chi connectivity index (χ2n) is 4.73. The van der Waals surface area contributed by atoms with Crippen molar-refractivity contribution in [1.82, 2.24) is 15.3 Å². The van der Waals surface area contributed by atoms with E-state index in [2.05, 4.69) is 32.3 Å². The first-order valence-electron chi connectivity index (χ1n) is 6.36. The molecule has 3 rings (SSSR count). The van der Waals surface area contributed by atoms with E-state index in [1.807, 2.05) is 12.4 Å². The van der Waals surface area contributed by atoms with Gasteiger partial charge in [0.1, 0.15) is 5.82 Å². The van der Waals surface area contributed by atoms with Crippen LogP contribution < -0.4 is 10.2 Å². The molecule has 0 unspecified atom stereocenters. The number of anilines is 1. The van der Waals surface area contributed by atoms with Crippen LogP contribution >= 0.6 is 0 Å². The Hall–Kier alpha value is -1.42. The molecule has 4 heteroatoms. The van der Waals surface area contributed by atoms with Crippen LogP contribution in [0.25, 0.3) is 0 Å². The molecule has 0 atom stereocenters. The molecular formula is C13H18N4. The normalized spacial score (nSPS) is 19.6. The van der Waals surface area contributed by atoms with Gasteiger partial charge >= 0.3 is 0 Å². The van der Waals surface area contributed by atoms with Gasteiger partial charge in [0.05, 0.1) is 18.1 Å². The Morgan fingerprint density at radius 2 is 2.18 bits per heavy atom. The number of nitrogens with zero attached hydrogens (tertiary/aromatic N) is 3. The highest BCUT2D eigenvalue weighted by atomic mass is 15.2. The number of nitrogens with one attached hydrogen (secondary N) is 1. The zero-order valence-electron chi connectivity index (χ0n) is 9.97. The molecule has 0 amide bonds. The van der Waals surface area contributed by atoms with Gasteiger partial charge in [-0.25, -0.2) is 4.98 Å². The molecule has 0 spiro atoms. The van der Waals surface area contributed by atoms with Crippen molar-refractivity contribution in [2.45, 2.75) is 31.8 Å². The first-order chi connectivity index (χ1) is 8.42. The van der Waals surface area contributed by atoms with Gasteiger partial charge in [-0.3, -0.25) is 4.98 Å². The largest absolute Gasteiger partial charge is 0.351 e. The molecule has 1 fully saturated rings. The highest BCUT2D eigenvalue weighted by Gasteiger charge is 2.20. The number of aromatic nitrogens is 2. The summed E-state index contributed by atoms with van der Waals surface area (Å²) in [5.74, 6) is 0.990. The van der Waals surface area contributed by atoms with E-state index in [9.17, 15) is 0 Å². The summed E-state index contributed by atoms with van der Waals surface area (Å²) in [6.45, 7) is 2.84. The third-order valence-corrected chi connectivity index (χ3v) is 3.22. The second kappa shape index (κ2) is 4.84. The lowest BCUT2D eigenvalue weighted by Gasteiger charge is -2.23. The summed E-state index contributed by atoms with van der Waals surface area (Å²) in [6, 6.07) is 0.726. The highest BCUT2D eigenvalue weighted by Crippen LogP contribution is 2.19. The topological polar surface area (TPSA) is 41.1 Å². The minimum Gasteiger partial charge on any atom is -0.351 e. The van der Waals surface area contributed by atoms with Crippen molar-refractivity contribution >= 4 is 5.82 Å². The summed E-state index contributed by atoms with van der Waals surface area (Å²) >= 11 is 0. The molecule has 1 aliphatic heterocycles. The van der Waals surface area contributed by atoms with Gasteiger partial charge < -0.3 is 10.2 Å². The van der Waals surface area contributed by atoms with Crippen LogP contribution in [0.3, 0.4) is 0 Å². The van der Waals surface area contributed by atoms with Crippen molar-refractivity contribution in [3.05, 3.63) is 30.2 Å². The fraction of sp³-hybridized carbons (Fsp3) is 0.538. The zero-order chi connectivity index (χ0) is 11.5. The molecule has 0 bridgehead atoms. The molecule has 2 heterocycles.